The molecule has 0 radical (unpaired) electrons. The number of hydrogen-bond donors (Lipinski definition) is 2. The van der Waals surface area contributed by atoms with Gasteiger partial charge in [0, 0.05) is 20.0 Å². The molecule has 104 valence electrons. The van der Waals surface area contributed by atoms with Crippen LogP contribution >= 0.6 is 38.5 Å². The standard InChI is InChI=1S/C14H17BrINO2/c15-12-4-3-10(16)7-11(12)13(19)17-8-14(9-18)5-1-2-6-14/h3-4,7,18H,1-2,5-6,8-9H2,(H,17,19). The normalized spacial score (nSPS) is 17.4. The largest absolute Gasteiger partial charge is 0.396 e. The Labute approximate surface area is 135 Å². The van der Waals surface area contributed by atoms with Crippen molar-refractivity contribution in [2.45, 2.75) is 25.7 Å². The highest BCUT2D eigenvalue weighted by Gasteiger charge is 2.33. The quantitative estimate of drug-likeness (QED) is 0.709. The van der Waals surface area contributed by atoms with E-state index in [4.69, 9.17) is 0 Å². The summed E-state index contributed by atoms with van der Waals surface area (Å²) in [5.41, 5.74) is 0.544. The minimum atomic E-state index is -0.107. The lowest BCUT2D eigenvalue weighted by atomic mass is 9.87. The molecule has 2 N–H and O–H groups in total. The molecule has 0 aliphatic heterocycles. The SMILES string of the molecule is O=C(NCC1(CO)CCCC1)c1cc(I)ccc1Br. The molecule has 1 aliphatic rings. The molecule has 1 saturated carbocycles. The Morgan fingerprint density at radius 2 is 2.11 bits per heavy atom. The molecule has 0 aromatic heterocycles. The van der Waals surface area contributed by atoms with E-state index in [2.05, 4.69) is 43.8 Å². The van der Waals surface area contributed by atoms with Crippen LogP contribution in [0.2, 0.25) is 0 Å². The van der Waals surface area contributed by atoms with Crippen molar-refractivity contribution in [3.63, 3.8) is 0 Å². The van der Waals surface area contributed by atoms with E-state index in [1.807, 2.05) is 18.2 Å². The topological polar surface area (TPSA) is 49.3 Å². The summed E-state index contributed by atoms with van der Waals surface area (Å²) in [6, 6.07) is 5.70. The van der Waals surface area contributed by atoms with Gasteiger partial charge < -0.3 is 10.4 Å². The van der Waals surface area contributed by atoms with Gasteiger partial charge in [0.05, 0.1) is 12.2 Å². The van der Waals surface area contributed by atoms with Crippen LogP contribution in [0.5, 0.6) is 0 Å². The van der Waals surface area contributed by atoms with Gasteiger partial charge in [-0.25, -0.2) is 0 Å². The zero-order valence-corrected chi connectivity index (χ0v) is 14.3. The second-order valence-corrected chi connectivity index (χ2v) is 7.27. The van der Waals surface area contributed by atoms with E-state index < -0.39 is 0 Å². The van der Waals surface area contributed by atoms with E-state index in [9.17, 15) is 9.90 Å². The third-order valence-corrected chi connectivity index (χ3v) is 5.16. The maximum atomic E-state index is 12.2. The third-order valence-electron chi connectivity index (χ3n) is 3.80. The van der Waals surface area contributed by atoms with Gasteiger partial charge in [-0.1, -0.05) is 12.8 Å². The lowest BCUT2D eigenvalue weighted by Gasteiger charge is -2.26. The van der Waals surface area contributed by atoms with E-state index in [-0.39, 0.29) is 17.9 Å². The first-order valence-electron chi connectivity index (χ1n) is 6.40. The Kier molecular flexibility index (Phi) is 5.25. The summed E-state index contributed by atoms with van der Waals surface area (Å²) in [4.78, 5) is 12.2. The van der Waals surface area contributed by atoms with Crippen molar-refractivity contribution in [1.29, 1.82) is 0 Å². The fraction of sp³-hybridized carbons (Fsp3) is 0.500. The number of carbonyl (C=O) groups is 1. The predicted octanol–water partition coefficient (Wildman–Crippen LogP) is 3.34. The summed E-state index contributed by atoms with van der Waals surface area (Å²) >= 11 is 5.59. The first kappa shape index (κ1) is 15.3. The number of halogens is 2. The number of amides is 1. The van der Waals surface area contributed by atoms with E-state index >= 15 is 0 Å². The summed E-state index contributed by atoms with van der Waals surface area (Å²) in [5.74, 6) is -0.0786. The van der Waals surface area contributed by atoms with Gasteiger partial charge in [0.2, 0.25) is 0 Å². The molecule has 19 heavy (non-hydrogen) atoms. The van der Waals surface area contributed by atoms with Gasteiger partial charge in [0.15, 0.2) is 0 Å². The molecule has 0 bridgehead atoms. The van der Waals surface area contributed by atoms with E-state index in [0.29, 0.717) is 12.1 Å². The number of aliphatic hydroxyl groups excluding tert-OH is 1. The molecule has 1 aliphatic carbocycles. The van der Waals surface area contributed by atoms with Crippen molar-refractivity contribution in [2.75, 3.05) is 13.2 Å². The maximum Gasteiger partial charge on any atom is 0.252 e. The Morgan fingerprint density at radius 1 is 1.42 bits per heavy atom. The molecular formula is C14H17BrINO2. The molecule has 2 rings (SSSR count). The average Bonchev–Trinajstić information content (AvgIpc) is 2.88. The van der Waals surface area contributed by atoms with Crippen molar-refractivity contribution in [3.05, 3.63) is 31.8 Å². The second-order valence-electron chi connectivity index (χ2n) is 5.17. The van der Waals surface area contributed by atoms with Crippen LogP contribution in [0.15, 0.2) is 22.7 Å². The van der Waals surface area contributed by atoms with Gasteiger partial charge in [-0.15, -0.1) is 0 Å². The first-order valence-corrected chi connectivity index (χ1v) is 8.28. The summed E-state index contributed by atoms with van der Waals surface area (Å²) in [5, 5.41) is 12.5. The lowest BCUT2D eigenvalue weighted by Crippen LogP contribution is -2.38. The number of hydrogen-bond acceptors (Lipinski definition) is 2. The van der Waals surface area contributed by atoms with E-state index in [1.54, 1.807) is 0 Å². The smallest absolute Gasteiger partial charge is 0.252 e. The minimum Gasteiger partial charge on any atom is -0.396 e. The lowest BCUT2D eigenvalue weighted by molar-refractivity contribution is 0.0880. The maximum absolute atomic E-state index is 12.2. The fourth-order valence-corrected chi connectivity index (χ4v) is 3.47. The van der Waals surface area contributed by atoms with Gasteiger partial charge in [-0.2, -0.15) is 0 Å². The van der Waals surface area contributed by atoms with Crippen LogP contribution in [0, 0.1) is 8.99 Å². The number of nitrogens with one attached hydrogen (secondary N) is 1. The van der Waals surface area contributed by atoms with Crippen molar-refractivity contribution >= 4 is 44.4 Å². The zero-order valence-electron chi connectivity index (χ0n) is 10.6. The van der Waals surface area contributed by atoms with Crippen LogP contribution in [0.4, 0.5) is 0 Å². The van der Waals surface area contributed by atoms with E-state index in [0.717, 1.165) is 33.7 Å². The van der Waals surface area contributed by atoms with Crippen LogP contribution in [0.1, 0.15) is 36.0 Å². The van der Waals surface area contributed by atoms with Gasteiger partial charge in [-0.3, -0.25) is 4.79 Å². The van der Waals surface area contributed by atoms with Gasteiger partial charge in [0.25, 0.3) is 5.91 Å². The van der Waals surface area contributed by atoms with Crippen LogP contribution in [-0.2, 0) is 0 Å². The molecule has 0 unspecified atom stereocenters. The predicted molar refractivity (Wildman–Crippen MR) is 87.2 cm³/mol. The van der Waals surface area contributed by atoms with Crippen molar-refractivity contribution in [3.8, 4) is 0 Å². The molecule has 0 spiro atoms. The Morgan fingerprint density at radius 3 is 2.74 bits per heavy atom. The average molecular weight is 438 g/mol. The summed E-state index contributed by atoms with van der Waals surface area (Å²) in [7, 11) is 0. The van der Waals surface area contributed by atoms with E-state index in [1.165, 1.54) is 0 Å². The van der Waals surface area contributed by atoms with Crippen molar-refractivity contribution in [2.24, 2.45) is 5.41 Å². The molecule has 1 aromatic rings. The molecule has 0 heterocycles. The molecule has 1 aromatic carbocycles. The molecule has 1 amide bonds. The Hall–Kier alpha value is -0.140. The number of carbonyl (C=O) groups excluding carboxylic acids is 1. The van der Waals surface area contributed by atoms with Crippen LogP contribution in [0.25, 0.3) is 0 Å². The molecule has 0 saturated heterocycles. The first-order chi connectivity index (χ1) is 9.06. The number of benzene rings is 1. The summed E-state index contributed by atoms with van der Waals surface area (Å²) in [6.45, 7) is 0.709. The summed E-state index contributed by atoms with van der Waals surface area (Å²) < 4.78 is 1.83. The molecule has 5 heteroatoms. The van der Waals surface area contributed by atoms with Crippen molar-refractivity contribution in [1.82, 2.24) is 5.32 Å². The van der Waals surface area contributed by atoms with Crippen LogP contribution < -0.4 is 5.32 Å². The van der Waals surface area contributed by atoms with Gasteiger partial charge in [0.1, 0.15) is 0 Å². The Balaban J connectivity index is 2.03. The minimum absolute atomic E-state index is 0.0786. The summed E-state index contributed by atoms with van der Waals surface area (Å²) in [6.07, 6.45) is 4.28. The van der Waals surface area contributed by atoms with Gasteiger partial charge in [-0.05, 0) is 69.6 Å². The number of aliphatic hydroxyl groups is 1. The monoisotopic (exact) mass is 437 g/mol. The molecule has 3 nitrogen and oxygen atoms in total. The highest BCUT2D eigenvalue weighted by atomic mass is 127. The fourth-order valence-electron chi connectivity index (χ4n) is 2.55. The Bertz CT molecular complexity index is 473. The third kappa shape index (κ3) is 3.70. The molecular weight excluding hydrogens is 421 g/mol. The highest BCUT2D eigenvalue weighted by Crippen LogP contribution is 2.37. The van der Waals surface area contributed by atoms with Gasteiger partial charge >= 0.3 is 0 Å². The van der Waals surface area contributed by atoms with Crippen LogP contribution in [-0.4, -0.2) is 24.2 Å². The van der Waals surface area contributed by atoms with Crippen molar-refractivity contribution < 1.29 is 9.90 Å². The second kappa shape index (κ2) is 6.54. The molecule has 0 atom stereocenters. The highest BCUT2D eigenvalue weighted by molar-refractivity contribution is 14.1. The zero-order chi connectivity index (χ0) is 13.9. The number of rotatable bonds is 4. The van der Waals surface area contributed by atoms with Crippen LogP contribution in [0.3, 0.4) is 0 Å². The molecule has 1 fully saturated rings.